The molecule has 0 aliphatic carbocycles. The molecule has 0 fully saturated rings. The SMILES string of the molecule is O=C(O)C(F)C(O)c1ccc(Br)cc1. The summed E-state index contributed by atoms with van der Waals surface area (Å²) >= 11 is 3.17. The molecule has 0 saturated heterocycles. The quantitative estimate of drug-likeness (QED) is 0.875. The zero-order valence-corrected chi connectivity index (χ0v) is 8.61. The second-order valence-corrected chi connectivity index (χ2v) is 3.65. The summed E-state index contributed by atoms with van der Waals surface area (Å²) in [6.07, 6.45) is -3.92. The molecule has 2 unspecified atom stereocenters. The zero-order valence-electron chi connectivity index (χ0n) is 7.02. The predicted octanol–water partition coefficient (Wildman–Crippen LogP) is 1.91. The molecule has 0 aliphatic heterocycles. The van der Waals surface area contributed by atoms with Gasteiger partial charge >= 0.3 is 5.97 Å². The molecule has 3 nitrogen and oxygen atoms in total. The van der Waals surface area contributed by atoms with Crippen LogP contribution in [-0.4, -0.2) is 22.4 Å². The third-order valence-corrected chi connectivity index (χ3v) is 2.25. The average Bonchev–Trinajstić information content (AvgIpc) is 2.16. The molecule has 1 aromatic rings. The van der Waals surface area contributed by atoms with E-state index in [0.29, 0.717) is 0 Å². The van der Waals surface area contributed by atoms with Crippen molar-refractivity contribution < 1.29 is 19.4 Å². The highest BCUT2D eigenvalue weighted by atomic mass is 79.9. The number of benzene rings is 1. The average molecular weight is 263 g/mol. The summed E-state index contributed by atoms with van der Waals surface area (Å²) < 4.78 is 13.6. The van der Waals surface area contributed by atoms with Crippen molar-refractivity contribution in [2.75, 3.05) is 0 Å². The third-order valence-electron chi connectivity index (χ3n) is 1.72. The van der Waals surface area contributed by atoms with Gasteiger partial charge in [-0.1, -0.05) is 28.1 Å². The maximum absolute atomic E-state index is 12.8. The van der Waals surface area contributed by atoms with Crippen LogP contribution in [0.1, 0.15) is 11.7 Å². The monoisotopic (exact) mass is 262 g/mol. The minimum absolute atomic E-state index is 0.239. The van der Waals surface area contributed by atoms with Crippen molar-refractivity contribution in [2.24, 2.45) is 0 Å². The second kappa shape index (κ2) is 4.52. The highest BCUT2D eigenvalue weighted by molar-refractivity contribution is 9.10. The van der Waals surface area contributed by atoms with Crippen LogP contribution in [0.4, 0.5) is 4.39 Å². The second-order valence-electron chi connectivity index (χ2n) is 2.74. The Morgan fingerprint density at radius 3 is 2.29 bits per heavy atom. The summed E-state index contributed by atoms with van der Waals surface area (Å²) in [7, 11) is 0. The first-order valence-electron chi connectivity index (χ1n) is 3.83. The highest BCUT2D eigenvalue weighted by Crippen LogP contribution is 2.21. The molecule has 1 rings (SSSR count). The maximum Gasteiger partial charge on any atom is 0.341 e. The predicted molar refractivity (Wildman–Crippen MR) is 51.6 cm³/mol. The summed E-state index contributed by atoms with van der Waals surface area (Å²) in [5, 5.41) is 17.6. The molecular weight excluding hydrogens is 255 g/mol. The lowest BCUT2D eigenvalue weighted by molar-refractivity contribution is -0.147. The van der Waals surface area contributed by atoms with Gasteiger partial charge in [0.05, 0.1) is 0 Å². The minimum atomic E-state index is -2.30. The van der Waals surface area contributed by atoms with E-state index in [-0.39, 0.29) is 5.56 Å². The fourth-order valence-corrected chi connectivity index (χ4v) is 1.23. The van der Waals surface area contributed by atoms with Crippen molar-refractivity contribution in [1.29, 1.82) is 0 Å². The van der Waals surface area contributed by atoms with Crippen molar-refractivity contribution in [3.8, 4) is 0 Å². The first-order chi connectivity index (χ1) is 6.52. The number of alkyl halides is 1. The highest BCUT2D eigenvalue weighted by Gasteiger charge is 2.26. The van der Waals surface area contributed by atoms with E-state index in [4.69, 9.17) is 5.11 Å². The Balaban J connectivity index is 2.84. The minimum Gasteiger partial charge on any atom is -0.479 e. The Bertz CT molecular complexity index is 325. The van der Waals surface area contributed by atoms with Gasteiger partial charge in [0.2, 0.25) is 6.17 Å². The van der Waals surface area contributed by atoms with Crippen LogP contribution in [0.2, 0.25) is 0 Å². The Morgan fingerprint density at radius 2 is 1.86 bits per heavy atom. The molecule has 2 N–H and O–H groups in total. The Labute approximate surface area is 88.3 Å². The fourth-order valence-electron chi connectivity index (χ4n) is 0.964. The molecule has 14 heavy (non-hydrogen) atoms. The number of carbonyl (C=O) groups is 1. The number of rotatable bonds is 3. The summed E-state index contributed by atoms with van der Waals surface area (Å²) in [4.78, 5) is 10.2. The van der Waals surface area contributed by atoms with E-state index in [2.05, 4.69) is 15.9 Å². The lowest BCUT2D eigenvalue weighted by Gasteiger charge is -2.12. The van der Waals surface area contributed by atoms with Crippen LogP contribution in [0.25, 0.3) is 0 Å². The number of carboxylic acid groups (broad SMARTS) is 1. The van der Waals surface area contributed by atoms with Crippen LogP contribution in [-0.2, 0) is 4.79 Å². The molecule has 2 atom stereocenters. The smallest absolute Gasteiger partial charge is 0.341 e. The van der Waals surface area contributed by atoms with Crippen LogP contribution < -0.4 is 0 Å². The van der Waals surface area contributed by atoms with Gasteiger partial charge in [-0.25, -0.2) is 9.18 Å². The van der Waals surface area contributed by atoms with Gasteiger partial charge in [-0.15, -0.1) is 0 Å². The van der Waals surface area contributed by atoms with Crippen LogP contribution in [0.5, 0.6) is 0 Å². The van der Waals surface area contributed by atoms with E-state index >= 15 is 0 Å². The van der Waals surface area contributed by atoms with Crippen molar-refractivity contribution in [2.45, 2.75) is 12.3 Å². The van der Waals surface area contributed by atoms with Crippen LogP contribution >= 0.6 is 15.9 Å². The van der Waals surface area contributed by atoms with Gasteiger partial charge in [-0.3, -0.25) is 0 Å². The largest absolute Gasteiger partial charge is 0.479 e. The molecule has 0 spiro atoms. The van der Waals surface area contributed by atoms with E-state index < -0.39 is 18.2 Å². The van der Waals surface area contributed by atoms with Gasteiger partial charge in [0.25, 0.3) is 0 Å². The van der Waals surface area contributed by atoms with E-state index in [9.17, 15) is 14.3 Å². The molecule has 0 radical (unpaired) electrons. The van der Waals surface area contributed by atoms with Gasteiger partial charge < -0.3 is 10.2 Å². The standard InChI is InChI=1S/C9H8BrFO3/c10-6-3-1-5(2-4-6)8(12)7(11)9(13)14/h1-4,7-8,12H,(H,13,14). The summed E-state index contributed by atoms with van der Waals surface area (Å²) in [5.41, 5.74) is 0.239. The normalized spacial score (nSPS) is 14.8. The van der Waals surface area contributed by atoms with Gasteiger partial charge in [0, 0.05) is 4.47 Å². The number of hydrogen-bond acceptors (Lipinski definition) is 2. The lowest BCUT2D eigenvalue weighted by Crippen LogP contribution is -2.23. The number of carboxylic acids is 1. The number of aliphatic hydroxyl groups excluding tert-OH is 1. The Morgan fingerprint density at radius 1 is 1.36 bits per heavy atom. The molecule has 0 aromatic heterocycles. The number of aliphatic carboxylic acids is 1. The Hall–Kier alpha value is -0.940. The molecule has 0 amide bonds. The van der Waals surface area contributed by atoms with Gasteiger partial charge in [-0.05, 0) is 17.7 Å². The first kappa shape index (κ1) is 11.1. The van der Waals surface area contributed by atoms with Crippen molar-refractivity contribution in [3.05, 3.63) is 34.3 Å². The first-order valence-corrected chi connectivity index (χ1v) is 4.62. The number of halogens is 2. The van der Waals surface area contributed by atoms with Gasteiger partial charge in [-0.2, -0.15) is 0 Å². The summed E-state index contributed by atoms with van der Waals surface area (Å²) in [6, 6.07) is 6.13. The molecule has 0 heterocycles. The van der Waals surface area contributed by atoms with Crippen molar-refractivity contribution >= 4 is 21.9 Å². The van der Waals surface area contributed by atoms with Crippen LogP contribution in [0.3, 0.4) is 0 Å². The van der Waals surface area contributed by atoms with E-state index in [1.165, 1.54) is 12.1 Å². The molecule has 76 valence electrons. The number of hydrogen-bond donors (Lipinski definition) is 2. The fraction of sp³-hybridized carbons (Fsp3) is 0.222. The Kier molecular flexibility index (Phi) is 3.60. The van der Waals surface area contributed by atoms with Gasteiger partial charge in [0.15, 0.2) is 0 Å². The third kappa shape index (κ3) is 2.52. The van der Waals surface area contributed by atoms with Crippen LogP contribution in [0.15, 0.2) is 28.7 Å². The molecule has 1 aromatic carbocycles. The van der Waals surface area contributed by atoms with Crippen molar-refractivity contribution in [1.82, 2.24) is 0 Å². The molecule has 0 bridgehead atoms. The van der Waals surface area contributed by atoms with E-state index in [1.54, 1.807) is 12.1 Å². The topological polar surface area (TPSA) is 57.5 Å². The van der Waals surface area contributed by atoms with E-state index in [0.717, 1.165) is 4.47 Å². The van der Waals surface area contributed by atoms with Crippen molar-refractivity contribution in [3.63, 3.8) is 0 Å². The lowest BCUT2D eigenvalue weighted by atomic mass is 10.1. The number of aliphatic hydroxyl groups is 1. The summed E-state index contributed by atoms with van der Waals surface area (Å²) in [6.45, 7) is 0. The molecule has 0 saturated carbocycles. The molecule has 0 aliphatic rings. The van der Waals surface area contributed by atoms with Crippen LogP contribution in [0, 0.1) is 0 Å². The zero-order chi connectivity index (χ0) is 10.7. The summed E-state index contributed by atoms with van der Waals surface area (Å²) in [5.74, 6) is -1.67. The van der Waals surface area contributed by atoms with E-state index in [1.807, 2.05) is 0 Å². The van der Waals surface area contributed by atoms with Gasteiger partial charge in [0.1, 0.15) is 6.10 Å². The molecule has 5 heteroatoms. The maximum atomic E-state index is 12.8. The molecular formula is C9H8BrFO3.